The summed E-state index contributed by atoms with van der Waals surface area (Å²) >= 11 is 0. The Balaban J connectivity index is 1.45. The Morgan fingerprint density at radius 1 is 1.11 bits per heavy atom. The van der Waals surface area contributed by atoms with E-state index in [4.69, 9.17) is 14.2 Å². The number of carbonyl (C=O) groups is 2. The summed E-state index contributed by atoms with van der Waals surface area (Å²) in [7, 11) is 0. The van der Waals surface area contributed by atoms with Crippen LogP contribution in [0.4, 0.5) is 16.3 Å². The standard InChI is InChI=1S/C24H28N4O7/c1-2-33-24(30)35-20-11-13-27(14-12-20)22-21(28(31)32)23(26-15-25-22)34-19-9-5-17(6-10-19)16-3-7-18(29)8-4-16/h5-6,9-10,15-16,20H,2-4,7-8,11-14H2,1H3. The Morgan fingerprint density at radius 2 is 1.80 bits per heavy atom. The molecule has 2 heterocycles. The number of hydrogen-bond acceptors (Lipinski definition) is 10. The van der Waals surface area contributed by atoms with Crippen molar-refractivity contribution in [3.63, 3.8) is 0 Å². The van der Waals surface area contributed by atoms with Crippen molar-refractivity contribution in [2.45, 2.75) is 57.5 Å². The summed E-state index contributed by atoms with van der Waals surface area (Å²) in [6.07, 6.45) is 4.07. The van der Waals surface area contributed by atoms with Crippen molar-refractivity contribution in [2.75, 3.05) is 24.6 Å². The van der Waals surface area contributed by atoms with Crippen LogP contribution in [0, 0.1) is 10.1 Å². The number of Topliss-reactive ketones (excluding diaryl/α,β-unsaturated/α-hetero) is 1. The molecule has 4 rings (SSSR count). The number of nitro groups is 1. The molecule has 1 aliphatic carbocycles. The minimum atomic E-state index is -0.711. The lowest BCUT2D eigenvalue weighted by Crippen LogP contribution is -2.38. The van der Waals surface area contributed by atoms with Crippen LogP contribution in [0.25, 0.3) is 0 Å². The minimum absolute atomic E-state index is 0.138. The van der Waals surface area contributed by atoms with Gasteiger partial charge in [0.2, 0.25) is 5.82 Å². The molecule has 0 bridgehead atoms. The third-order valence-corrected chi connectivity index (χ3v) is 6.33. The molecule has 0 atom stereocenters. The molecule has 0 unspecified atom stereocenters. The molecule has 1 aliphatic heterocycles. The van der Waals surface area contributed by atoms with Gasteiger partial charge in [-0.15, -0.1) is 0 Å². The fourth-order valence-corrected chi connectivity index (χ4v) is 4.49. The van der Waals surface area contributed by atoms with Crippen LogP contribution in [0.1, 0.15) is 56.9 Å². The predicted molar refractivity (Wildman–Crippen MR) is 125 cm³/mol. The summed E-state index contributed by atoms with van der Waals surface area (Å²) in [5.74, 6) is 1.09. The van der Waals surface area contributed by atoms with Crippen LogP contribution in [0.15, 0.2) is 30.6 Å². The van der Waals surface area contributed by atoms with Crippen molar-refractivity contribution in [3.05, 3.63) is 46.3 Å². The Labute approximate surface area is 202 Å². The lowest BCUT2D eigenvalue weighted by Gasteiger charge is -2.31. The number of nitrogens with zero attached hydrogens (tertiary/aromatic N) is 4. The summed E-state index contributed by atoms with van der Waals surface area (Å²) < 4.78 is 15.9. The highest BCUT2D eigenvalue weighted by Crippen LogP contribution is 2.38. The number of anilines is 1. The first-order chi connectivity index (χ1) is 16.9. The predicted octanol–water partition coefficient (Wildman–Crippen LogP) is 4.55. The Hall–Kier alpha value is -3.76. The van der Waals surface area contributed by atoms with Gasteiger partial charge < -0.3 is 19.1 Å². The van der Waals surface area contributed by atoms with Gasteiger partial charge in [0.05, 0.1) is 11.5 Å². The molecule has 2 aliphatic rings. The molecule has 2 fully saturated rings. The molecule has 0 amide bonds. The van der Waals surface area contributed by atoms with E-state index in [2.05, 4.69) is 9.97 Å². The van der Waals surface area contributed by atoms with Crippen LogP contribution in [0.3, 0.4) is 0 Å². The number of carbonyl (C=O) groups excluding carboxylic acids is 2. The van der Waals surface area contributed by atoms with E-state index in [0.717, 1.165) is 18.4 Å². The number of ether oxygens (including phenoxy) is 3. The van der Waals surface area contributed by atoms with Crippen LogP contribution in [-0.4, -0.2) is 52.6 Å². The Bertz CT molecular complexity index is 1060. The van der Waals surface area contributed by atoms with Gasteiger partial charge in [0.1, 0.15) is 24.0 Å². The Morgan fingerprint density at radius 3 is 2.43 bits per heavy atom. The van der Waals surface area contributed by atoms with Gasteiger partial charge in [-0.3, -0.25) is 14.9 Å². The second kappa shape index (κ2) is 11.1. The molecule has 0 radical (unpaired) electrons. The number of aromatic nitrogens is 2. The second-order valence-electron chi connectivity index (χ2n) is 8.58. The van der Waals surface area contributed by atoms with Gasteiger partial charge >= 0.3 is 17.7 Å². The monoisotopic (exact) mass is 484 g/mol. The molecule has 1 aromatic heterocycles. The third-order valence-electron chi connectivity index (χ3n) is 6.33. The molecular formula is C24H28N4O7. The molecule has 2 aromatic rings. The van der Waals surface area contributed by atoms with Gasteiger partial charge in [-0.25, -0.2) is 9.78 Å². The molecule has 186 valence electrons. The molecule has 1 saturated heterocycles. The van der Waals surface area contributed by atoms with E-state index in [1.54, 1.807) is 24.0 Å². The summed E-state index contributed by atoms with van der Waals surface area (Å²) in [5, 5.41) is 11.9. The lowest BCUT2D eigenvalue weighted by molar-refractivity contribution is -0.385. The van der Waals surface area contributed by atoms with Gasteiger partial charge in [0, 0.05) is 38.8 Å². The van der Waals surface area contributed by atoms with Crippen molar-refractivity contribution in [1.29, 1.82) is 0 Å². The SMILES string of the molecule is CCOC(=O)OC1CCN(c2ncnc(Oc3ccc(C4CCC(=O)CC4)cc3)c2[N+](=O)[O-])CC1. The second-order valence-corrected chi connectivity index (χ2v) is 8.58. The summed E-state index contributed by atoms with van der Waals surface area (Å²) in [6.45, 7) is 2.77. The van der Waals surface area contributed by atoms with Crippen molar-refractivity contribution < 1.29 is 28.7 Å². The zero-order chi connectivity index (χ0) is 24.8. The van der Waals surface area contributed by atoms with E-state index >= 15 is 0 Å². The summed E-state index contributed by atoms with van der Waals surface area (Å²) in [5.41, 5.74) is 0.808. The molecule has 1 saturated carbocycles. The maximum Gasteiger partial charge on any atom is 0.508 e. The minimum Gasteiger partial charge on any atom is -0.435 e. The maximum absolute atomic E-state index is 11.9. The zero-order valence-electron chi connectivity index (χ0n) is 19.6. The highest BCUT2D eigenvalue weighted by atomic mass is 16.7. The quantitative estimate of drug-likeness (QED) is 0.313. The van der Waals surface area contributed by atoms with Crippen molar-refractivity contribution in [3.8, 4) is 11.6 Å². The number of benzene rings is 1. The van der Waals surface area contributed by atoms with Gasteiger partial charge in [-0.05, 0) is 43.4 Å². The zero-order valence-corrected chi connectivity index (χ0v) is 19.6. The van der Waals surface area contributed by atoms with E-state index in [1.165, 1.54) is 6.33 Å². The molecule has 11 heteroatoms. The van der Waals surface area contributed by atoms with Crippen LogP contribution >= 0.6 is 0 Å². The van der Waals surface area contributed by atoms with Gasteiger partial charge in [-0.2, -0.15) is 4.98 Å². The largest absolute Gasteiger partial charge is 0.508 e. The molecule has 11 nitrogen and oxygen atoms in total. The first-order valence-electron chi connectivity index (χ1n) is 11.8. The van der Waals surface area contributed by atoms with E-state index in [0.29, 0.717) is 56.2 Å². The summed E-state index contributed by atoms with van der Waals surface area (Å²) in [6, 6.07) is 7.38. The van der Waals surface area contributed by atoms with Crippen LogP contribution in [-0.2, 0) is 14.3 Å². The third kappa shape index (κ3) is 6.03. The van der Waals surface area contributed by atoms with E-state index in [9.17, 15) is 19.7 Å². The fraction of sp³-hybridized carbons (Fsp3) is 0.500. The highest BCUT2D eigenvalue weighted by molar-refractivity contribution is 5.79. The van der Waals surface area contributed by atoms with Crippen LogP contribution in [0.5, 0.6) is 11.6 Å². The number of piperidine rings is 1. The molecule has 0 N–H and O–H groups in total. The van der Waals surface area contributed by atoms with Crippen LogP contribution < -0.4 is 9.64 Å². The van der Waals surface area contributed by atoms with Gasteiger partial charge in [-0.1, -0.05) is 12.1 Å². The normalized spacial score (nSPS) is 17.2. The Kier molecular flexibility index (Phi) is 7.74. The highest BCUT2D eigenvalue weighted by Gasteiger charge is 2.32. The van der Waals surface area contributed by atoms with Crippen molar-refractivity contribution in [1.82, 2.24) is 9.97 Å². The van der Waals surface area contributed by atoms with Gasteiger partial charge in [0.15, 0.2) is 0 Å². The van der Waals surface area contributed by atoms with Gasteiger partial charge in [0.25, 0.3) is 0 Å². The smallest absolute Gasteiger partial charge is 0.435 e. The summed E-state index contributed by atoms with van der Waals surface area (Å²) in [4.78, 5) is 44.4. The maximum atomic E-state index is 11.9. The molecular weight excluding hydrogens is 456 g/mol. The fourth-order valence-electron chi connectivity index (χ4n) is 4.49. The van der Waals surface area contributed by atoms with E-state index in [-0.39, 0.29) is 30.1 Å². The van der Waals surface area contributed by atoms with Crippen LogP contribution in [0.2, 0.25) is 0 Å². The van der Waals surface area contributed by atoms with Crippen molar-refractivity contribution in [2.24, 2.45) is 0 Å². The van der Waals surface area contributed by atoms with E-state index < -0.39 is 11.1 Å². The molecule has 35 heavy (non-hydrogen) atoms. The first-order valence-corrected chi connectivity index (χ1v) is 11.8. The molecule has 1 aromatic carbocycles. The number of hydrogen-bond donors (Lipinski definition) is 0. The van der Waals surface area contributed by atoms with E-state index in [1.807, 2.05) is 12.1 Å². The average molecular weight is 485 g/mol. The number of ketones is 1. The lowest BCUT2D eigenvalue weighted by atomic mass is 9.83. The topological polar surface area (TPSA) is 134 Å². The number of rotatable bonds is 7. The molecule has 0 spiro atoms. The first kappa shape index (κ1) is 24.4. The van der Waals surface area contributed by atoms with Crippen molar-refractivity contribution >= 4 is 23.4 Å². The average Bonchev–Trinajstić information content (AvgIpc) is 2.85.